The lowest BCUT2D eigenvalue weighted by atomic mass is 9.95. The molecular formula is C28H32FN9O2. The fraction of sp³-hybridized carbons (Fsp3) is 0.393. The maximum atomic E-state index is 13.9. The molecule has 2 fully saturated rings. The van der Waals surface area contributed by atoms with Crippen molar-refractivity contribution in [2.45, 2.75) is 38.6 Å². The summed E-state index contributed by atoms with van der Waals surface area (Å²) >= 11 is 0. The molecule has 0 atom stereocenters. The quantitative estimate of drug-likeness (QED) is 0.355. The number of aryl methyl sites for hydroxylation is 1. The molecular weight excluding hydrogens is 513 g/mol. The predicted octanol–water partition coefficient (Wildman–Crippen LogP) is 3.85. The molecule has 0 spiro atoms. The summed E-state index contributed by atoms with van der Waals surface area (Å²) in [5, 5.41) is 13.5. The summed E-state index contributed by atoms with van der Waals surface area (Å²) in [7, 11) is 0. The molecule has 2 aliphatic heterocycles. The van der Waals surface area contributed by atoms with Crippen molar-refractivity contribution in [1.29, 1.82) is 0 Å². The minimum Gasteiger partial charge on any atom is -0.463 e. The van der Waals surface area contributed by atoms with Gasteiger partial charge in [0.05, 0.1) is 23.1 Å². The minimum atomic E-state index is -1.20. The first kappa shape index (κ1) is 25.9. The molecule has 208 valence electrons. The second-order valence-corrected chi connectivity index (χ2v) is 10.5. The van der Waals surface area contributed by atoms with E-state index in [0.717, 1.165) is 60.8 Å². The van der Waals surface area contributed by atoms with Crippen molar-refractivity contribution >= 4 is 17.7 Å². The monoisotopic (exact) mass is 545 g/mol. The zero-order chi connectivity index (χ0) is 27.8. The Balaban J connectivity index is 1.26. The Bertz CT molecular complexity index is 1540. The summed E-state index contributed by atoms with van der Waals surface area (Å²) < 4.78 is 17.1. The largest absolute Gasteiger partial charge is 0.463 e. The molecule has 2 aliphatic rings. The van der Waals surface area contributed by atoms with Crippen LogP contribution in [0.3, 0.4) is 0 Å². The van der Waals surface area contributed by atoms with E-state index in [1.165, 1.54) is 25.0 Å². The van der Waals surface area contributed by atoms with Gasteiger partial charge in [-0.3, -0.25) is 0 Å². The summed E-state index contributed by atoms with van der Waals surface area (Å²) in [5.74, 6) is 1.86. The number of aromatic nitrogens is 6. The number of benzene rings is 1. The third kappa shape index (κ3) is 4.90. The van der Waals surface area contributed by atoms with Gasteiger partial charge in [0.2, 0.25) is 0 Å². The average Bonchev–Trinajstić information content (AvgIpc) is 3.57. The molecule has 5 heterocycles. The number of likely N-dealkylation sites (tertiary alicyclic amines) is 1. The van der Waals surface area contributed by atoms with Crippen LogP contribution in [0.4, 0.5) is 20.8 Å². The number of carbonyl (C=O) groups is 1. The molecule has 2 saturated heterocycles. The van der Waals surface area contributed by atoms with E-state index in [1.807, 2.05) is 6.07 Å². The molecule has 0 unspecified atom stereocenters. The first-order valence-electron chi connectivity index (χ1n) is 13.6. The molecule has 40 heavy (non-hydrogen) atoms. The number of carboxylic acid groups (broad SMARTS) is 1. The first-order valence-corrected chi connectivity index (χ1v) is 13.6. The Hall–Kier alpha value is -4.32. The highest BCUT2D eigenvalue weighted by Gasteiger charge is 2.29. The molecule has 0 radical (unpaired) electrons. The lowest BCUT2D eigenvalue weighted by molar-refractivity contribution is 0.173. The van der Waals surface area contributed by atoms with E-state index in [2.05, 4.69) is 35.6 Å². The van der Waals surface area contributed by atoms with Gasteiger partial charge in [0.15, 0.2) is 0 Å². The van der Waals surface area contributed by atoms with Gasteiger partial charge in [-0.1, -0.05) is 0 Å². The van der Waals surface area contributed by atoms with E-state index in [-0.39, 0.29) is 17.6 Å². The second kappa shape index (κ2) is 10.7. The number of nitrogen functional groups attached to an aromatic ring is 1. The zero-order valence-corrected chi connectivity index (χ0v) is 22.4. The van der Waals surface area contributed by atoms with Crippen molar-refractivity contribution in [2.24, 2.45) is 0 Å². The zero-order valence-electron chi connectivity index (χ0n) is 22.4. The number of imidazole rings is 1. The third-order valence-electron chi connectivity index (χ3n) is 7.96. The number of rotatable bonds is 7. The maximum absolute atomic E-state index is 13.9. The van der Waals surface area contributed by atoms with Crippen LogP contribution in [0.2, 0.25) is 0 Å². The van der Waals surface area contributed by atoms with Gasteiger partial charge in [-0.25, -0.2) is 24.1 Å². The summed E-state index contributed by atoms with van der Waals surface area (Å²) in [6, 6.07) is 6.75. The Labute approximate surface area is 231 Å². The van der Waals surface area contributed by atoms with Crippen molar-refractivity contribution in [3.8, 4) is 22.5 Å². The molecule has 0 saturated carbocycles. The first-order chi connectivity index (χ1) is 19.4. The fourth-order valence-corrected chi connectivity index (χ4v) is 5.60. The summed E-state index contributed by atoms with van der Waals surface area (Å²) in [4.78, 5) is 30.0. The molecule has 0 amide bonds. The average molecular weight is 546 g/mol. The Kier molecular flexibility index (Phi) is 6.93. The Morgan fingerprint density at radius 1 is 1.12 bits per heavy atom. The Morgan fingerprint density at radius 2 is 1.93 bits per heavy atom. The molecule has 0 bridgehead atoms. The van der Waals surface area contributed by atoms with Crippen LogP contribution in [0.1, 0.15) is 36.6 Å². The number of anilines is 2. The maximum Gasteiger partial charge on any atom is 0.432 e. The fourth-order valence-electron chi connectivity index (χ4n) is 5.60. The lowest BCUT2D eigenvalue weighted by Gasteiger charge is -2.34. The van der Waals surface area contributed by atoms with Gasteiger partial charge < -0.3 is 25.2 Å². The van der Waals surface area contributed by atoms with Crippen LogP contribution in [0.5, 0.6) is 0 Å². The van der Waals surface area contributed by atoms with Gasteiger partial charge in [0.25, 0.3) is 0 Å². The van der Waals surface area contributed by atoms with Crippen LogP contribution in [-0.4, -0.2) is 78.1 Å². The van der Waals surface area contributed by atoms with Crippen molar-refractivity contribution in [2.75, 3.05) is 43.4 Å². The van der Waals surface area contributed by atoms with E-state index < -0.39 is 6.09 Å². The van der Waals surface area contributed by atoms with Crippen LogP contribution < -0.4 is 10.6 Å². The van der Waals surface area contributed by atoms with Gasteiger partial charge in [0, 0.05) is 43.9 Å². The number of nitrogens with zero attached hydrogens (tertiary/aromatic N) is 8. The summed E-state index contributed by atoms with van der Waals surface area (Å²) in [6.45, 7) is 7.27. The van der Waals surface area contributed by atoms with Crippen LogP contribution in [-0.2, 0) is 6.54 Å². The highest BCUT2D eigenvalue weighted by atomic mass is 19.1. The van der Waals surface area contributed by atoms with Crippen molar-refractivity contribution < 1.29 is 14.3 Å². The van der Waals surface area contributed by atoms with Gasteiger partial charge in [0.1, 0.15) is 29.6 Å². The van der Waals surface area contributed by atoms with Crippen molar-refractivity contribution in [3.63, 3.8) is 0 Å². The number of hydrogen-bond acceptors (Lipinski definition) is 8. The van der Waals surface area contributed by atoms with Crippen LogP contribution in [0, 0.1) is 12.7 Å². The number of halogens is 1. The molecule has 0 aliphatic carbocycles. The predicted molar refractivity (Wildman–Crippen MR) is 149 cm³/mol. The normalized spacial score (nSPS) is 16.3. The summed E-state index contributed by atoms with van der Waals surface area (Å²) in [6.07, 6.45) is 6.65. The van der Waals surface area contributed by atoms with Crippen molar-refractivity contribution in [3.05, 3.63) is 60.2 Å². The SMILES string of the molecule is Cc1cc(-c2cn(CCN3CCC3)c(C3CCN(c4ncnc(N)c4-c4ccnn4C(=O)O)CC3)n2)ccc1F. The van der Waals surface area contributed by atoms with Gasteiger partial charge in [-0.05, 0) is 69.1 Å². The van der Waals surface area contributed by atoms with E-state index in [0.29, 0.717) is 35.7 Å². The van der Waals surface area contributed by atoms with Gasteiger partial charge >= 0.3 is 6.09 Å². The van der Waals surface area contributed by atoms with Crippen LogP contribution in [0.25, 0.3) is 22.5 Å². The van der Waals surface area contributed by atoms with E-state index >= 15 is 0 Å². The molecule has 11 nitrogen and oxygen atoms in total. The van der Waals surface area contributed by atoms with Crippen LogP contribution >= 0.6 is 0 Å². The van der Waals surface area contributed by atoms with Gasteiger partial charge in [-0.15, -0.1) is 0 Å². The Morgan fingerprint density at radius 3 is 2.62 bits per heavy atom. The standard InChI is InChI=1S/C28H32FN9O2/c1-18-15-20(3-4-21(18)29)22-16-37(14-13-35-9-2-10-35)26(34-22)19-6-11-36(12-7-19)27-24(25(30)31-17-32-27)23-5-8-33-38(23)28(39)40/h3-5,8,15-17,19H,2,6-7,9-14H2,1H3,(H,39,40)(H2,30,31,32). The highest BCUT2D eigenvalue weighted by Crippen LogP contribution is 2.37. The van der Waals surface area contributed by atoms with E-state index in [1.54, 1.807) is 19.1 Å². The van der Waals surface area contributed by atoms with E-state index in [9.17, 15) is 14.3 Å². The van der Waals surface area contributed by atoms with E-state index in [4.69, 9.17) is 10.7 Å². The molecule has 6 rings (SSSR count). The topological polar surface area (TPSA) is 131 Å². The molecule has 4 aromatic rings. The molecule has 12 heteroatoms. The minimum absolute atomic E-state index is 0.205. The number of hydrogen-bond donors (Lipinski definition) is 2. The third-order valence-corrected chi connectivity index (χ3v) is 7.96. The van der Waals surface area contributed by atoms with Crippen molar-refractivity contribution in [1.82, 2.24) is 34.2 Å². The van der Waals surface area contributed by atoms with Crippen LogP contribution in [0.15, 0.2) is 43.0 Å². The lowest BCUT2D eigenvalue weighted by Crippen LogP contribution is -2.39. The number of piperidine rings is 1. The highest BCUT2D eigenvalue weighted by molar-refractivity contribution is 5.86. The second-order valence-electron chi connectivity index (χ2n) is 10.5. The summed E-state index contributed by atoms with van der Waals surface area (Å²) in [5.41, 5.74) is 9.40. The molecule has 3 N–H and O–H groups in total. The molecule has 1 aromatic carbocycles. The van der Waals surface area contributed by atoms with Gasteiger partial charge in [-0.2, -0.15) is 9.78 Å². The number of nitrogens with two attached hydrogens (primary N) is 1. The molecule has 3 aromatic heterocycles. The smallest absolute Gasteiger partial charge is 0.432 e.